The van der Waals surface area contributed by atoms with Crippen LogP contribution in [0.2, 0.25) is 0 Å². The highest BCUT2D eigenvalue weighted by Crippen LogP contribution is 2.38. The summed E-state index contributed by atoms with van der Waals surface area (Å²) in [6, 6.07) is 3.95. The lowest BCUT2D eigenvalue weighted by Crippen LogP contribution is -2.46. The van der Waals surface area contributed by atoms with E-state index in [1.54, 1.807) is 0 Å². The van der Waals surface area contributed by atoms with Gasteiger partial charge in [-0.05, 0) is 37.8 Å². The van der Waals surface area contributed by atoms with Crippen molar-refractivity contribution < 1.29 is 9.59 Å². The van der Waals surface area contributed by atoms with Gasteiger partial charge in [-0.3, -0.25) is 9.59 Å². The fourth-order valence-corrected chi connectivity index (χ4v) is 3.30. The van der Waals surface area contributed by atoms with Crippen molar-refractivity contribution in [2.45, 2.75) is 32.1 Å². The number of aryl methyl sites for hydroxylation is 1. The summed E-state index contributed by atoms with van der Waals surface area (Å²) in [4.78, 5) is 29.1. The number of nitrogens with zero attached hydrogens (tertiary/aromatic N) is 1. The van der Waals surface area contributed by atoms with Gasteiger partial charge in [-0.2, -0.15) is 0 Å². The molecule has 5 nitrogen and oxygen atoms in total. The molecule has 2 N–H and O–H groups in total. The molecular weight excluding hydrogens is 254 g/mol. The molecule has 0 bridgehead atoms. The number of carbonyl (C=O) groups excluding carboxylic acids is 2. The number of hydrogen-bond donors (Lipinski definition) is 2. The van der Waals surface area contributed by atoms with Crippen molar-refractivity contribution in [1.29, 1.82) is 0 Å². The summed E-state index contributed by atoms with van der Waals surface area (Å²) < 4.78 is 0. The fourth-order valence-electron chi connectivity index (χ4n) is 3.30. The molecule has 1 aromatic heterocycles. The predicted molar refractivity (Wildman–Crippen MR) is 75.0 cm³/mol. The van der Waals surface area contributed by atoms with Crippen molar-refractivity contribution in [2.24, 2.45) is 5.41 Å². The molecule has 0 aromatic carbocycles. The zero-order valence-corrected chi connectivity index (χ0v) is 11.7. The van der Waals surface area contributed by atoms with Gasteiger partial charge in [0, 0.05) is 37.9 Å². The Morgan fingerprint density at radius 1 is 1.30 bits per heavy atom. The standard InChI is InChI=1S/C15H21N3O2/c19-13(4-3-12-2-1-8-16-12)18-10-6-15(7-11-18)5-9-17-14(15)20/h1-2,8,16H,3-7,9-11H2,(H,17,20). The molecule has 0 saturated carbocycles. The molecule has 2 amide bonds. The summed E-state index contributed by atoms with van der Waals surface area (Å²) in [5.74, 6) is 0.392. The Labute approximate surface area is 118 Å². The van der Waals surface area contributed by atoms with E-state index in [0.717, 1.165) is 51.0 Å². The van der Waals surface area contributed by atoms with Gasteiger partial charge in [-0.15, -0.1) is 0 Å². The van der Waals surface area contributed by atoms with Crippen LogP contribution in [0.15, 0.2) is 18.3 Å². The largest absolute Gasteiger partial charge is 0.365 e. The van der Waals surface area contributed by atoms with Gasteiger partial charge in [0.05, 0.1) is 5.41 Å². The van der Waals surface area contributed by atoms with Crippen molar-refractivity contribution in [3.8, 4) is 0 Å². The highest BCUT2D eigenvalue weighted by molar-refractivity contribution is 5.85. The molecule has 3 heterocycles. The van der Waals surface area contributed by atoms with Crippen LogP contribution in [0, 0.1) is 5.41 Å². The first kappa shape index (κ1) is 13.2. The van der Waals surface area contributed by atoms with Crippen LogP contribution >= 0.6 is 0 Å². The van der Waals surface area contributed by atoms with E-state index in [4.69, 9.17) is 0 Å². The number of likely N-dealkylation sites (tertiary alicyclic amines) is 1. The van der Waals surface area contributed by atoms with Gasteiger partial charge in [-0.1, -0.05) is 0 Å². The first-order chi connectivity index (χ1) is 9.70. The second kappa shape index (κ2) is 5.31. The molecule has 0 atom stereocenters. The van der Waals surface area contributed by atoms with Crippen LogP contribution in [0.25, 0.3) is 0 Å². The van der Waals surface area contributed by atoms with E-state index in [1.165, 1.54) is 0 Å². The number of rotatable bonds is 3. The zero-order chi connectivity index (χ0) is 14.0. The Morgan fingerprint density at radius 2 is 2.10 bits per heavy atom. The highest BCUT2D eigenvalue weighted by atomic mass is 16.2. The summed E-state index contributed by atoms with van der Waals surface area (Å²) in [6.07, 6.45) is 5.73. The fraction of sp³-hybridized carbons (Fsp3) is 0.600. The molecule has 108 valence electrons. The van der Waals surface area contributed by atoms with Crippen LogP contribution in [-0.2, 0) is 16.0 Å². The third kappa shape index (κ3) is 2.44. The molecule has 2 aliphatic heterocycles. The number of carbonyl (C=O) groups is 2. The van der Waals surface area contributed by atoms with Crippen LogP contribution in [0.5, 0.6) is 0 Å². The Bertz CT molecular complexity index is 487. The normalized spacial score (nSPS) is 21.2. The maximum Gasteiger partial charge on any atom is 0.226 e. The molecule has 0 unspecified atom stereocenters. The minimum absolute atomic E-state index is 0.184. The lowest BCUT2D eigenvalue weighted by Gasteiger charge is -2.37. The molecular formula is C15H21N3O2. The summed E-state index contributed by atoms with van der Waals surface area (Å²) in [6.45, 7) is 2.23. The number of aromatic nitrogens is 1. The van der Waals surface area contributed by atoms with E-state index in [2.05, 4.69) is 10.3 Å². The monoisotopic (exact) mass is 275 g/mol. The molecule has 0 aliphatic carbocycles. The minimum atomic E-state index is -0.184. The number of nitrogens with one attached hydrogen (secondary N) is 2. The summed E-state index contributed by atoms with van der Waals surface area (Å²) in [5.41, 5.74) is 0.915. The Kier molecular flexibility index (Phi) is 3.51. The second-order valence-corrected chi connectivity index (χ2v) is 5.86. The van der Waals surface area contributed by atoms with E-state index >= 15 is 0 Å². The molecule has 1 aromatic rings. The van der Waals surface area contributed by atoms with E-state index < -0.39 is 0 Å². The van der Waals surface area contributed by atoms with E-state index in [0.29, 0.717) is 6.42 Å². The van der Waals surface area contributed by atoms with Gasteiger partial charge in [0.2, 0.25) is 11.8 Å². The van der Waals surface area contributed by atoms with Crippen molar-refractivity contribution >= 4 is 11.8 Å². The van der Waals surface area contributed by atoms with Crippen molar-refractivity contribution in [2.75, 3.05) is 19.6 Å². The summed E-state index contributed by atoms with van der Waals surface area (Å²) >= 11 is 0. The average Bonchev–Trinajstić information content (AvgIpc) is 3.09. The number of aromatic amines is 1. The van der Waals surface area contributed by atoms with Gasteiger partial charge in [-0.25, -0.2) is 0 Å². The number of hydrogen-bond acceptors (Lipinski definition) is 2. The van der Waals surface area contributed by atoms with Crippen molar-refractivity contribution in [3.63, 3.8) is 0 Å². The third-order valence-electron chi connectivity index (χ3n) is 4.71. The van der Waals surface area contributed by atoms with Crippen LogP contribution in [0.3, 0.4) is 0 Å². The molecule has 2 aliphatic rings. The van der Waals surface area contributed by atoms with Gasteiger partial charge >= 0.3 is 0 Å². The van der Waals surface area contributed by atoms with E-state index in [-0.39, 0.29) is 17.2 Å². The summed E-state index contributed by atoms with van der Waals surface area (Å²) in [7, 11) is 0. The Balaban J connectivity index is 1.50. The Hall–Kier alpha value is -1.78. The predicted octanol–water partition coefficient (Wildman–Crippen LogP) is 1.08. The van der Waals surface area contributed by atoms with E-state index in [9.17, 15) is 9.59 Å². The minimum Gasteiger partial charge on any atom is -0.365 e. The molecule has 1 spiro atoms. The van der Waals surface area contributed by atoms with Crippen molar-refractivity contribution in [1.82, 2.24) is 15.2 Å². The van der Waals surface area contributed by atoms with Crippen molar-refractivity contribution in [3.05, 3.63) is 24.0 Å². The van der Waals surface area contributed by atoms with Crippen LogP contribution < -0.4 is 5.32 Å². The highest BCUT2D eigenvalue weighted by Gasteiger charge is 2.44. The zero-order valence-electron chi connectivity index (χ0n) is 11.7. The van der Waals surface area contributed by atoms with E-state index in [1.807, 2.05) is 23.2 Å². The first-order valence-corrected chi connectivity index (χ1v) is 7.38. The summed E-state index contributed by atoms with van der Waals surface area (Å²) in [5, 5.41) is 2.92. The third-order valence-corrected chi connectivity index (χ3v) is 4.71. The first-order valence-electron chi connectivity index (χ1n) is 7.38. The van der Waals surface area contributed by atoms with Crippen LogP contribution in [-0.4, -0.2) is 41.3 Å². The molecule has 0 radical (unpaired) electrons. The van der Waals surface area contributed by atoms with Gasteiger partial charge in [0.15, 0.2) is 0 Å². The SMILES string of the molecule is O=C(CCc1ccc[nH]1)N1CCC2(CCNC2=O)CC1. The maximum atomic E-state index is 12.2. The quantitative estimate of drug-likeness (QED) is 0.867. The van der Waals surface area contributed by atoms with Gasteiger partial charge < -0.3 is 15.2 Å². The molecule has 20 heavy (non-hydrogen) atoms. The molecule has 5 heteroatoms. The van der Waals surface area contributed by atoms with Gasteiger partial charge in [0.1, 0.15) is 0 Å². The van der Waals surface area contributed by atoms with Gasteiger partial charge in [0.25, 0.3) is 0 Å². The van der Waals surface area contributed by atoms with Crippen LogP contribution in [0.4, 0.5) is 0 Å². The number of H-pyrrole nitrogens is 1. The number of amides is 2. The average molecular weight is 275 g/mol. The number of piperidine rings is 1. The van der Waals surface area contributed by atoms with Crippen LogP contribution in [0.1, 0.15) is 31.4 Å². The maximum absolute atomic E-state index is 12.2. The Morgan fingerprint density at radius 3 is 2.70 bits per heavy atom. The smallest absolute Gasteiger partial charge is 0.226 e. The molecule has 2 fully saturated rings. The topological polar surface area (TPSA) is 65.2 Å². The molecule has 2 saturated heterocycles. The second-order valence-electron chi connectivity index (χ2n) is 5.86. The lowest BCUT2D eigenvalue weighted by atomic mass is 9.77. The lowest BCUT2D eigenvalue weighted by molar-refractivity contribution is -0.138. The molecule has 3 rings (SSSR count).